The largest absolute Gasteiger partial charge is 0.508 e. The number of benzene rings is 1. The van der Waals surface area contributed by atoms with Gasteiger partial charge in [-0.1, -0.05) is 0 Å². The molecular weight excluding hydrogens is 239 g/mol. The number of hydrogen-bond acceptors (Lipinski definition) is 1. The molecule has 0 aromatic heterocycles. The van der Waals surface area contributed by atoms with E-state index in [4.69, 9.17) is 5.11 Å². The average molecular weight is 248 g/mol. The van der Waals surface area contributed by atoms with Crippen molar-refractivity contribution >= 4 is 22.6 Å². The molecule has 0 amide bonds. The molecule has 0 unspecified atom stereocenters. The van der Waals surface area contributed by atoms with Crippen molar-refractivity contribution in [3.8, 4) is 5.75 Å². The Morgan fingerprint density at radius 1 is 1.30 bits per heavy atom. The lowest BCUT2D eigenvalue weighted by Crippen LogP contribution is -1.84. The molecule has 0 aliphatic heterocycles. The molecule has 0 aliphatic carbocycles. The van der Waals surface area contributed by atoms with Crippen LogP contribution in [0.1, 0.15) is 11.1 Å². The van der Waals surface area contributed by atoms with Gasteiger partial charge in [0, 0.05) is 3.57 Å². The summed E-state index contributed by atoms with van der Waals surface area (Å²) in [6, 6.07) is 3.54. The topological polar surface area (TPSA) is 20.2 Å². The van der Waals surface area contributed by atoms with Crippen molar-refractivity contribution in [1.82, 2.24) is 0 Å². The summed E-state index contributed by atoms with van der Waals surface area (Å²) in [7, 11) is 0. The Hall–Kier alpha value is -0.250. The maximum Gasteiger partial charge on any atom is 0.116 e. The highest BCUT2D eigenvalue weighted by atomic mass is 127. The van der Waals surface area contributed by atoms with Crippen LogP contribution >= 0.6 is 22.6 Å². The van der Waals surface area contributed by atoms with Crippen LogP contribution in [0.5, 0.6) is 5.75 Å². The predicted molar refractivity (Wildman–Crippen MR) is 50.3 cm³/mol. The molecule has 2 heteroatoms. The zero-order chi connectivity index (χ0) is 7.72. The van der Waals surface area contributed by atoms with E-state index >= 15 is 0 Å². The molecule has 1 rings (SSSR count). The van der Waals surface area contributed by atoms with Crippen molar-refractivity contribution in [2.24, 2.45) is 0 Å². The highest BCUT2D eigenvalue weighted by molar-refractivity contribution is 14.1. The van der Waals surface area contributed by atoms with E-state index in [0.29, 0.717) is 5.75 Å². The molecule has 0 bridgehead atoms. The lowest BCUT2D eigenvalue weighted by atomic mass is 10.1. The van der Waals surface area contributed by atoms with E-state index in [9.17, 15) is 0 Å². The third-order valence-electron chi connectivity index (χ3n) is 1.59. The normalized spacial score (nSPS) is 9.90. The molecular formula is C8H9IO. The first-order valence-electron chi connectivity index (χ1n) is 3.07. The van der Waals surface area contributed by atoms with Crippen molar-refractivity contribution in [3.05, 3.63) is 26.8 Å². The van der Waals surface area contributed by atoms with E-state index in [1.165, 1.54) is 5.56 Å². The number of hydrogen-bond donors (Lipinski definition) is 1. The third kappa shape index (κ3) is 1.42. The Morgan fingerprint density at radius 2 is 1.90 bits per heavy atom. The van der Waals surface area contributed by atoms with Crippen molar-refractivity contribution < 1.29 is 5.11 Å². The number of phenols is 1. The van der Waals surface area contributed by atoms with Crippen LogP contribution in [0, 0.1) is 17.4 Å². The van der Waals surface area contributed by atoms with E-state index in [1.807, 2.05) is 6.92 Å². The Balaban J connectivity index is 3.31. The third-order valence-corrected chi connectivity index (χ3v) is 2.71. The van der Waals surface area contributed by atoms with Crippen molar-refractivity contribution in [1.29, 1.82) is 0 Å². The minimum Gasteiger partial charge on any atom is -0.508 e. The van der Waals surface area contributed by atoms with Crippen molar-refractivity contribution in [2.75, 3.05) is 0 Å². The second-order valence-electron chi connectivity index (χ2n) is 2.37. The molecule has 0 spiro atoms. The fourth-order valence-corrected chi connectivity index (χ4v) is 1.54. The average Bonchev–Trinajstić information content (AvgIpc) is 1.82. The molecule has 0 fully saturated rings. The molecule has 10 heavy (non-hydrogen) atoms. The van der Waals surface area contributed by atoms with Crippen LogP contribution in [0.25, 0.3) is 0 Å². The summed E-state index contributed by atoms with van der Waals surface area (Å²) in [5.41, 5.74) is 2.39. The minimum absolute atomic E-state index is 0.354. The zero-order valence-electron chi connectivity index (χ0n) is 5.98. The summed E-state index contributed by atoms with van der Waals surface area (Å²) >= 11 is 2.22. The van der Waals surface area contributed by atoms with Gasteiger partial charge < -0.3 is 5.11 Å². The van der Waals surface area contributed by atoms with Crippen LogP contribution in [-0.4, -0.2) is 5.11 Å². The van der Waals surface area contributed by atoms with Gasteiger partial charge in [0.1, 0.15) is 5.75 Å². The van der Waals surface area contributed by atoms with Crippen LogP contribution in [0.2, 0.25) is 0 Å². The van der Waals surface area contributed by atoms with Gasteiger partial charge in [-0.15, -0.1) is 0 Å². The Morgan fingerprint density at radius 3 is 2.40 bits per heavy atom. The second kappa shape index (κ2) is 2.78. The van der Waals surface area contributed by atoms with E-state index in [2.05, 4.69) is 29.5 Å². The molecule has 1 aromatic rings. The number of aryl methyl sites for hydroxylation is 1. The maximum absolute atomic E-state index is 9.11. The van der Waals surface area contributed by atoms with E-state index < -0.39 is 0 Å². The Bertz CT molecular complexity index is 232. The van der Waals surface area contributed by atoms with Gasteiger partial charge in [-0.2, -0.15) is 0 Å². The molecule has 0 heterocycles. The van der Waals surface area contributed by atoms with Gasteiger partial charge in [-0.05, 0) is 59.7 Å². The standard InChI is InChI=1S/C8H9IO/c1-5-3-7(10)4-8(9)6(5)2/h3-4,10H,1-2H3. The van der Waals surface area contributed by atoms with Gasteiger partial charge in [-0.3, -0.25) is 0 Å². The number of halogens is 1. The van der Waals surface area contributed by atoms with E-state index in [0.717, 1.165) is 9.13 Å². The first kappa shape index (κ1) is 7.85. The fraction of sp³-hybridized carbons (Fsp3) is 0.250. The Kier molecular flexibility index (Phi) is 2.18. The van der Waals surface area contributed by atoms with Gasteiger partial charge in [0.25, 0.3) is 0 Å². The number of phenolic OH excluding ortho intramolecular Hbond substituents is 1. The minimum atomic E-state index is 0.354. The zero-order valence-corrected chi connectivity index (χ0v) is 8.14. The van der Waals surface area contributed by atoms with Gasteiger partial charge in [0.15, 0.2) is 0 Å². The summed E-state index contributed by atoms with van der Waals surface area (Å²) in [4.78, 5) is 0. The number of aromatic hydroxyl groups is 1. The molecule has 0 aliphatic rings. The molecule has 0 saturated carbocycles. The molecule has 1 aromatic carbocycles. The summed E-state index contributed by atoms with van der Waals surface area (Å²) < 4.78 is 1.12. The molecule has 54 valence electrons. The van der Waals surface area contributed by atoms with Crippen molar-refractivity contribution in [2.45, 2.75) is 13.8 Å². The van der Waals surface area contributed by atoms with E-state index in [1.54, 1.807) is 12.1 Å². The molecule has 1 nitrogen and oxygen atoms in total. The predicted octanol–water partition coefficient (Wildman–Crippen LogP) is 2.61. The highest BCUT2D eigenvalue weighted by Crippen LogP contribution is 2.21. The number of rotatable bonds is 0. The highest BCUT2D eigenvalue weighted by Gasteiger charge is 1.99. The van der Waals surface area contributed by atoms with Gasteiger partial charge >= 0.3 is 0 Å². The van der Waals surface area contributed by atoms with Gasteiger partial charge in [-0.25, -0.2) is 0 Å². The maximum atomic E-state index is 9.11. The smallest absolute Gasteiger partial charge is 0.116 e. The molecule has 0 radical (unpaired) electrons. The SMILES string of the molecule is Cc1cc(O)cc(I)c1C. The summed E-state index contributed by atoms with van der Waals surface area (Å²) in [5.74, 6) is 0.354. The molecule has 0 atom stereocenters. The van der Waals surface area contributed by atoms with Crippen LogP contribution in [0.15, 0.2) is 12.1 Å². The molecule has 0 saturated heterocycles. The van der Waals surface area contributed by atoms with Crippen molar-refractivity contribution in [3.63, 3.8) is 0 Å². The Labute approximate surface area is 74.2 Å². The molecule has 1 N–H and O–H groups in total. The summed E-state index contributed by atoms with van der Waals surface area (Å²) in [6.45, 7) is 4.05. The van der Waals surface area contributed by atoms with Crippen LogP contribution in [0.4, 0.5) is 0 Å². The van der Waals surface area contributed by atoms with E-state index in [-0.39, 0.29) is 0 Å². The summed E-state index contributed by atoms with van der Waals surface area (Å²) in [6.07, 6.45) is 0. The van der Waals surface area contributed by atoms with Gasteiger partial charge in [0.2, 0.25) is 0 Å². The van der Waals surface area contributed by atoms with Crippen LogP contribution in [-0.2, 0) is 0 Å². The quantitative estimate of drug-likeness (QED) is 0.699. The summed E-state index contributed by atoms with van der Waals surface area (Å²) in [5, 5.41) is 9.11. The monoisotopic (exact) mass is 248 g/mol. The first-order chi connectivity index (χ1) is 4.61. The first-order valence-corrected chi connectivity index (χ1v) is 4.15. The van der Waals surface area contributed by atoms with Gasteiger partial charge in [0.05, 0.1) is 0 Å². The van der Waals surface area contributed by atoms with Crippen LogP contribution in [0.3, 0.4) is 0 Å². The fourth-order valence-electron chi connectivity index (χ4n) is 0.798. The van der Waals surface area contributed by atoms with Crippen LogP contribution < -0.4 is 0 Å². The lowest BCUT2D eigenvalue weighted by molar-refractivity contribution is 0.474. The lowest BCUT2D eigenvalue weighted by Gasteiger charge is -2.02. The second-order valence-corrected chi connectivity index (χ2v) is 3.53.